The molecule has 1 unspecified atom stereocenters. The highest BCUT2D eigenvalue weighted by atomic mass is 14.7. The van der Waals surface area contributed by atoms with E-state index in [1.807, 2.05) is 24.5 Å². The van der Waals surface area contributed by atoms with E-state index in [1.54, 1.807) is 0 Å². The largest absolute Gasteiger partial charge is 0.256 e. The van der Waals surface area contributed by atoms with Crippen LogP contribution in [0.4, 0.5) is 0 Å². The van der Waals surface area contributed by atoms with Crippen molar-refractivity contribution in [2.75, 3.05) is 0 Å². The van der Waals surface area contributed by atoms with Crippen molar-refractivity contribution in [3.8, 4) is 89.3 Å². The Morgan fingerprint density at radius 1 is 0.306 bits per heavy atom. The van der Waals surface area contributed by atoms with E-state index in [9.17, 15) is 0 Å². The van der Waals surface area contributed by atoms with Gasteiger partial charge in [0.25, 0.3) is 0 Å². The molecule has 2 nitrogen and oxygen atoms in total. The van der Waals surface area contributed by atoms with Gasteiger partial charge in [0.1, 0.15) is 0 Å². The predicted molar refractivity (Wildman–Crippen MR) is 260 cm³/mol. The van der Waals surface area contributed by atoms with Crippen molar-refractivity contribution in [3.05, 3.63) is 218 Å². The first kappa shape index (κ1) is 39.0. The molecule has 10 rings (SSSR count). The Balaban J connectivity index is 1.22. The Morgan fingerprint density at radius 3 is 1.18 bits per heavy atom. The zero-order valence-corrected chi connectivity index (χ0v) is 35.5. The molecule has 0 aliphatic heterocycles. The van der Waals surface area contributed by atoms with Gasteiger partial charge in [0.15, 0.2) is 0 Å². The average molecular weight is 799 g/mol. The van der Waals surface area contributed by atoms with Gasteiger partial charge in [-0.2, -0.15) is 0 Å². The first-order valence-corrected chi connectivity index (χ1v) is 22.1. The van der Waals surface area contributed by atoms with Crippen LogP contribution < -0.4 is 0 Å². The van der Waals surface area contributed by atoms with E-state index in [1.165, 1.54) is 78.7 Å². The fourth-order valence-corrected chi connectivity index (χ4v) is 10.1. The lowest BCUT2D eigenvalue weighted by Crippen LogP contribution is -2.19. The van der Waals surface area contributed by atoms with Crippen molar-refractivity contribution >= 4 is 0 Å². The Kier molecular flexibility index (Phi) is 11.0. The van der Waals surface area contributed by atoms with Gasteiger partial charge in [-0.05, 0) is 158 Å². The van der Waals surface area contributed by atoms with E-state index in [0.717, 1.165) is 35.4 Å². The van der Waals surface area contributed by atoms with Crippen molar-refractivity contribution in [3.63, 3.8) is 0 Å². The van der Waals surface area contributed by atoms with Crippen LogP contribution in [-0.2, 0) is 0 Å². The summed E-state index contributed by atoms with van der Waals surface area (Å²) in [4.78, 5) is 9.60. The molecule has 7 aromatic carbocycles. The molecular formula is C60H50N2. The molecule has 0 radical (unpaired) electrons. The number of hydrogen-bond acceptors (Lipinski definition) is 2. The maximum atomic E-state index is 4.80. The minimum Gasteiger partial charge on any atom is -0.256 e. The molecule has 2 heterocycles. The van der Waals surface area contributed by atoms with Crippen molar-refractivity contribution in [2.45, 2.75) is 39.0 Å². The third kappa shape index (κ3) is 8.05. The molecule has 9 aromatic rings. The molecule has 0 saturated heterocycles. The smallest absolute Gasteiger partial charge is 0.0702 e. The fraction of sp³-hybridized carbons (Fsp3) is 0.133. The second-order valence-corrected chi connectivity index (χ2v) is 17.2. The molecule has 0 spiro atoms. The van der Waals surface area contributed by atoms with E-state index in [2.05, 4.69) is 202 Å². The summed E-state index contributed by atoms with van der Waals surface area (Å²) in [7, 11) is 0. The van der Waals surface area contributed by atoms with E-state index in [4.69, 9.17) is 9.97 Å². The van der Waals surface area contributed by atoms with Gasteiger partial charge in [0.05, 0.1) is 11.4 Å². The van der Waals surface area contributed by atoms with Gasteiger partial charge in [-0.25, -0.2) is 0 Å². The second kappa shape index (κ2) is 17.4. The van der Waals surface area contributed by atoms with Crippen LogP contribution in [0, 0.1) is 11.8 Å². The standard InChI is InChI=1S/C60H50N2/c1-41-34-42(2)36-51(35-41)60-54(52-30-28-49(58-26-9-11-32-61-58)39-56(52)47-22-13-20-45(37-47)43-16-5-3-6-17-43)24-15-25-55(60)53-31-29-50(59-27-10-12-33-62-59)40-57(53)48-23-14-21-46(38-48)44-18-7-4-8-19-44/h3-33,37-42,51H,34-36H2,1-2H3/t41-,42+,51?. The summed E-state index contributed by atoms with van der Waals surface area (Å²) in [5.41, 5.74) is 20.3. The third-order valence-corrected chi connectivity index (χ3v) is 12.8. The zero-order valence-electron chi connectivity index (χ0n) is 35.5. The summed E-state index contributed by atoms with van der Waals surface area (Å²) in [6.45, 7) is 4.91. The molecule has 0 N–H and O–H groups in total. The van der Waals surface area contributed by atoms with Crippen LogP contribution in [0.25, 0.3) is 89.3 Å². The molecule has 2 heteroatoms. The van der Waals surface area contributed by atoms with Crippen LogP contribution in [-0.4, -0.2) is 9.97 Å². The lowest BCUT2D eigenvalue weighted by atomic mass is 9.70. The number of rotatable bonds is 9. The number of hydrogen-bond donors (Lipinski definition) is 0. The summed E-state index contributed by atoms with van der Waals surface area (Å²) < 4.78 is 0. The molecule has 2 aromatic heterocycles. The Bertz CT molecular complexity index is 2760. The monoisotopic (exact) mass is 798 g/mol. The van der Waals surface area contributed by atoms with Crippen molar-refractivity contribution in [2.24, 2.45) is 11.8 Å². The summed E-state index contributed by atoms with van der Waals surface area (Å²) in [5.74, 6) is 1.65. The van der Waals surface area contributed by atoms with Crippen LogP contribution in [0.2, 0.25) is 0 Å². The van der Waals surface area contributed by atoms with Gasteiger partial charge < -0.3 is 0 Å². The Hall–Kier alpha value is -7.16. The Morgan fingerprint density at radius 2 is 0.726 bits per heavy atom. The van der Waals surface area contributed by atoms with E-state index < -0.39 is 0 Å². The lowest BCUT2D eigenvalue weighted by molar-refractivity contribution is 0.269. The number of benzene rings is 7. The van der Waals surface area contributed by atoms with Crippen molar-refractivity contribution in [1.82, 2.24) is 9.97 Å². The molecule has 1 saturated carbocycles. The highest BCUT2D eigenvalue weighted by molar-refractivity contribution is 5.95. The lowest BCUT2D eigenvalue weighted by Gasteiger charge is -2.35. The molecule has 1 aliphatic carbocycles. The molecule has 300 valence electrons. The van der Waals surface area contributed by atoms with Crippen LogP contribution >= 0.6 is 0 Å². The van der Waals surface area contributed by atoms with Crippen molar-refractivity contribution in [1.29, 1.82) is 0 Å². The fourth-order valence-electron chi connectivity index (χ4n) is 10.1. The van der Waals surface area contributed by atoms with E-state index in [-0.39, 0.29) is 0 Å². The second-order valence-electron chi connectivity index (χ2n) is 17.2. The first-order chi connectivity index (χ1) is 30.6. The predicted octanol–water partition coefficient (Wildman–Crippen LogP) is 16.4. The van der Waals surface area contributed by atoms with Crippen LogP contribution in [0.15, 0.2) is 213 Å². The van der Waals surface area contributed by atoms with Crippen LogP contribution in [0.5, 0.6) is 0 Å². The maximum absolute atomic E-state index is 4.80. The SMILES string of the molecule is C[C@@H]1CC(c2c(-c3ccc(-c4ccccn4)cc3-c3cccc(-c4ccccc4)c3)cccc2-c2ccc(-c3ccccn3)cc2-c2cccc(-c3ccccc3)c2)C[C@H](C)C1. The normalized spacial score (nSPS) is 16.2. The number of nitrogens with zero attached hydrogens (tertiary/aromatic N) is 2. The third-order valence-electron chi connectivity index (χ3n) is 12.8. The van der Waals surface area contributed by atoms with Gasteiger partial charge in [-0.1, -0.05) is 166 Å². The topological polar surface area (TPSA) is 25.8 Å². The summed E-state index contributed by atoms with van der Waals surface area (Å²) in [6.07, 6.45) is 7.35. The quantitative estimate of drug-likeness (QED) is 0.145. The number of aromatic nitrogens is 2. The minimum atomic E-state index is 0.387. The van der Waals surface area contributed by atoms with E-state index in [0.29, 0.717) is 17.8 Å². The molecule has 0 bridgehead atoms. The molecule has 62 heavy (non-hydrogen) atoms. The summed E-state index contributed by atoms with van der Waals surface area (Å²) >= 11 is 0. The number of pyridine rings is 2. The molecular weight excluding hydrogens is 749 g/mol. The molecule has 1 fully saturated rings. The van der Waals surface area contributed by atoms with Gasteiger partial charge in [-0.15, -0.1) is 0 Å². The molecule has 0 amide bonds. The highest BCUT2D eigenvalue weighted by Crippen LogP contribution is 2.50. The van der Waals surface area contributed by atoms with Gasteiger partial charge in [0.2, 0.25) is 0 Å². The Labute approximate surface area is 366 Å². The van der Waals surface area contributed by atoms with Crippen LogP contribution in [0.1, 0.15) is 44.6 Å². The minimum absolute atomic E-state index is 0.387. The summed E-state index contributed by atoms with van der Waals surface area (Å²) in [6, 6.07) is 73.0. The van der Waals surface area contributed by atoms with Gasteiger partial charge >= 0.3 is 0 Å². The zero-order chi connectivity index (χ0) is 41.8. The molecule has 1 aliphatic rings. The van der Waals surface area contributed by atoms with Gasteiger partial charge in [0, 0.05) is 23.5 Å². The average Bonchev–Trinajstić information content (AvgIpc) is 3.34. The van der Waals surface area contributed by atoms with Crippen LogP contribution in [0.3, 0.4) is 0 Å². The summed E-state index contributed by atoms with van der Waals surface area (Å²) in [5, 5.41) is 0. The molecule has 3 atom stereocenters. The van der Waals surface area contributed by atoms with Crippen molar-refractivity contribution < 1.29 is 0 Å². The maximum Gasteiger partial charge on any atom is 0.0702 e. The highest BCUT2D eigenvalue weighted by Gasteiger charge is 2.30. The van der Waals surface area contributed by atoms with Gasteiger partial charge in [-0.3, -0.25) is 9.97 Å². The first-order valence-electron chi connectivity index (χ1n) is 22.1. The van der Waals surface area contributed by atoms with E-state index >= 15 is 0 Å².